The maximum atomic E-state index is 12.5. The lowest BCUT2D eigenvalue weighted by Gasteiger charge is -2.17. The third-order valence-electron chi connectivity index (χ3n) is 2.99. The first-order valence-electron chi connectivity index (χ1n) is 6.06. The molecule has 100 valence electrons. The molecular weight excluding hydrogens is 244 g/mol. The zero-order valence-corrected chi connectivity index (χ0v) is 9.99. The van der Waals surface area contributed by atoms with Crippen molar-refractivity contribution < 1.29 is 17.7 Å². The summed E-state index contributed by atoms with van der Waals surface area (Å²) in [5.41, 5.74) is -0.714. The molecule has 0 radical (unpaired) electrons. The van der Waals surface area contributed by atoms with E-state index >= 15 is 0 Å². The van der Waals surface area contributed by atoms with Gasteiger partial charge in [-0.15, -0.1) is 0 Å². The topological polar surface area (TPSA) is 25.4 Å². The summed E-state index contributed by atoms with van der Waals surface area (Å²) in [5, 5.41) is 0. The molecule has 0 atom stereocenters. The van der Waals surface area contributed by atoms with Crippen molar-refractivity contribution in [2.24, 2.45) is 0 Å². The summed E-state index contributed by atoms with van der Waals surface area (Å²) in [5.74, 6) is 0.186. The molecule has 0 N–H and O–H groups in total. The minimum atomic E-state index is -5.01. The second kappa shape index (κ2) is 5.60. The van der Waals surface area contributed by atoms with Crippen molar-refractivity contribution in [3.8, 4) is 5.75 Å². The highest BCUT2D eigenvalue weighted by atomic mass is 19.4. The van der Waals surface area contributed by atoms with Crippen LogP contribution < -0.4 is 10.2 Å². The van der Waals surface area contributed by atoms with Crippen LogP contribution in [0.3, 0.4) is 0 Å². The quantitative estimate of drug-likeness (QED) is 0.751. The monoisotopic (exact) mass is 259 g/mol. The normalized spacial score (nSPS) is 17.1. The van der Waals surface area contributed by atoms with Crippen LogP contribution >= 0.6 is 0 Å². The van der Waals surface area contributed by atoms with Crippen LogP contribution in [-0.4, -0.2) is 43.1 Å². The van der Waals surface area contributed by atoms with Gasteiger partial charge in [-0.05, 0) is 32.0 Å². The van der Waals surface area contributed by atoms with E-state index in [-0.39, 0.29) is 5.75 Å². The molecule has 0 bridgehead atoms. The lowest BCUT2D eigenvalue weighted by molar-refractivity contribution is 0.237. The van der Waals surface area contributed by atoms with E-state index in [1.807, 2.05) is 0 Å². The molecule has 2 rings (SSSR count). The van der Waals surface area contributed by atoms with Gasteiger partial charge in [0.2, 0.25) is 0 Å². The van der Waals surface area contributed by atoms with Gasteiger partial charge in [0.1, 0.15) is 12.4 Å². The standard InChI is InChI=1S/C11H15BF3N2O/c13-12(14,15)10-7-11(9-16-8-10)18-6-5-17-3-1-2-4-17/h7-9H,1-6H2/q-1. The van der Waals surface area contributed by atoms with Gasteiger partial charge in [-0.2, -0.15) is 0 Å². The van der Waals surface area contributed by atoms with Crippen molar-refractivity contribution in [2.45, 2.75) is 12.8 Å². The zero-order chi connectivity index (χ0) is 13.0. The Balaban J connectivity index is 1.85. The first-order valence-corrected chi connectivity index (χ1v) is 6.06. The first-order chi connectivity index (χ1) is 8.55. The van der Waals surface area contributed by atoms with Crippen molar-refractivity contribution in [1.82, 2.24) is 9.88 Å². The van der Waals surface area contributed by atoms with Gasteiger partial charge in [-0.1, -0.05) is 5.46 Å². The number of nitrogens with zero attached hydrogens (tertiary/aromatic N) is 2. The lowest BCUT2D eigenvalue weighted by Crippen LogP contribution is -2.34. The maximum absolute atomic E-state index is 12.5. The molecule has 0 spiro atoms. The smallest absolute Gasteiger partial charge is 0.491 e. The third-order valence-corrected chi connectivity index (χ3v) is 2.99. The Labute approximate surface area is 104 Å². The van der Waals surface area contributed by atoms with Crippen LogP contribution in [0, 0.1) is 0 Å². The van der Waals surface area contributed by atoms with E-state index in [1.165, 1.54) is 19.0 Å². The van der Waals surface area contributed by atoms with Crippen LogP contribution in [-0.2, 0) is 0 Å². The van der Waals surface area contributed by atoms with Gasteiger partial charge in [-0.3, -0.25) is 9.88 Å². The summed E-state index contributed by atoms with van der Waals surface area (Å²) in [4.78, 5) is 5.80. The summed E-state index contributed by atoms with van der Waals surface area (Å²) in [6.07, 6.45) is 4.52. The van der Waals surface area contributed by atoms with Crippen LogP contribution in [0.4, 0.5) is 12.9 Å². The Morgan fingerprint density at radius 1 is 1.22 bits per heavy atom. The van der Waals surface area contributed by atoms with Gasteiger partial charge in [0.15, 0.2) is 0 Å². The highest BCUT2D eigenvalue weighted by Crippen LogP contribution is 2.13. The molecule has 7 heteroatoms. The van der Waals surface area contributed by atoms with Crippen molar-refractivity contribution in [2.75, 3.05) is 26.2 Å². The van der Waals surface area contributed by atoms with Crippen LogP contribution in [0.2, 0.25) is 0 Å². The third kappa shape index (κ3) is 3.63. The van der Waals surface area contributed by atoms with E-state index in [0.717, 1.165) is 31.9 Å². The molecule has 3 nitrogen and oxygen atoms in total. The molecule has 1 aliphatic heterocycles. The molecule has 0 amide bonds. The van der Waals surface area contributed by atoms with E-state index in [2.05, 4.69) is 9.88 Å². The van der Waals surface area contributed by atoms with E-state index in [9.17, 15) is 12.9 Å². The van der Waals surface area contributed by atoms with Crippen molar-refractivity contribution in [3.63, 3.8) is 0 Å². The first kappa shape index (κ1) is 13.2. The van der Waals surface area contributed by atoms with E-state index in [0.29, 0.717) is 6.61 Å². The van der Waals surface area contributed by atoms with E-state index in [1.54, 1.807) is 0 Å². The van der Waals surface area contributed by atoms with Crippen molar-refractivity contribution in [3.05, 3.63) is 18.5 Å². The minimum Gasteiger partial charge on any atom is -0.491 e. The maximum Gasteiger partial charge on any atom is 0.511 e. The number of aromatic nitrogens is 1. The molecular formula is C11H15BF3N2O-. The summed E-state index contributed by atoms with van der Waals surface area (Å²) < 4.78 is 42.8. The van der Waals surface area contributed by atoms with E-state index < -0.39 is 12.4 Å². The van der Waals surface area contributed by atoms with Gasteiger partial charge in [0.25, 0.3) is 0 Å². The van der Waals surface area contributed by atoms with Crippen molar-refractivity contribution >= 4 is 12.4 Å². The Hall–Kier alpha value is -1.24. The largest absolute Gasteiger partial charge is 0.511 e. The summed E-state index contributed by atoms with van der Waals surface area (Å²) in [7, 11) is 0. The number of rotatable bonds is 5. The van der Waals surface area contributed by atoms with E-state index in [4.69, 9.17) is 4.74 Å². The fourth-order valence-corrected chi connectivity index (χ4v) is 1.99. The summed E-state index contributed by atoms with van der Waals surface area (Å²) in [6, 6.07) is 1.01. The predicted molar refractivity (Wildman–Crippen MR) is 64.1 cm³/mol. The average molecular weight is 259 g/mol. The molecule has 1 fully saturated rings. The minimum absolute atomic E-state index is 0.186. The van der Waals surface area contributed by atoms with Crippen LogP contribution in [0.1, 0.15) is 12.8 Å². The average Bonchev–Trinajstić information content (AvgIpc) is 2.81. The molecule has 1 aliphatic rings. The van der Waals surface area contributed by atoms with Gasteiger partial charge in [0, 0.05) is 12.7 Å². The van der Waals surface area contributed by atoms with Gasteiger partial charge in [-0.25, -0.2) is 0 Å². The molecule has 1 saturated heterocycles. The highest BCUT2D eigenvalue weighted by Gasteiger charge is 2.26. The molecule has 0 aliphatic carbocycles. The molecule has 0 unspecified atom stereocenters. The van der Waals surface area contributed by atoms with Crippen LogP contribution in [0.15, 0.2) is 18.5 Å². The Kier molecular flexibility index (Phi) is 4.11. The molecule has 2 heterocycles. The molecule has 18 heavy (non-hydrogen) atoms. The second-order valence-electron chi connectivity index (χ2n) is 4.43. The fourth-order valence-electron chi connectivity index (χ4n) is 1.99. The molecule has 1 aromatic rings. The lowest BCUT2D eigenvalue weighted by atomic mass is 9.81. The summed E-state index contributed by atoms with van der Waals surface area (Å²) in [6.45, 7) is -1.76. The van der Waals surface area contributed by atoms with Crippen molar-refractivity contribution in [1.29, 1.82) is 0 Å². The number of hydrogen-bond donors (Lipinski definition) is 0. The summed E-state index contributed by atoms with van der Waals surface area (Å²) >= 11 is 0. The van der Waals surface area contributed by atoms with Gasteiger partial charge >= 0.3 is 6.98 Å². The highest BCUT2D eigenvalue weighted by molar-refractivity contribution is 6.73. The predicted octanol–water partition coefficient (Wildman–Crippen LogP) is 1.61. The molecule has 1 aromatic heterocycles. The Morgan fingerprint density at radius 3 is 2.61 bits per heavy atom. The number of ether oxygens (including phenoxy) is 1. The fraction of sp³-hybridized carbons (Fsp3) is 0.545. The number of likely N-dealkylation sites (tertiary alicyclic amines) is 1. The zero-order valence-electron chi connectivity index (χ0n) is 9.99. The van der Waals surface area contributed by atoms with Crippen LogP contribution in [0.25, 0.3) is 0 Å². The number of hydrogen-bond acceptors (Lipinski definition) is 3. The molecule has 0 aromatic carbocycles. The Morgan fingerprint density at radius 2 is 1.94 bits per heavy atom. The molecule has 0 saturated carbocycles. The van der Waals surface area contributed by atoms with Gasteiger partial charge < -0.3 is 17.7 Å². The SMILES string of the molecule is F[B-](F)(F)c1cncc(OCCN2CCCC2)c1. The Bertz CT molecular complexity index is 394. The number of halogens is 3. The number of pyridine rings is 1. The van der Waals surface area contributed by atoms with Crippen LogP contribution in [0.5, 0.6) is 5.75 Å². The van der Waals surface area contributed by atoms with Gasteiger partial charge in [0.05, 0.1) is 6.20 Å². The second-order valence-corrected chi connectivity index (χ2v) is 4.43.